The Kier molecular flexibility index (Phi) is 7.03. The molecule has 9 heteroatoms. The summed E-state index contributed by atoms with van der Waals surface area (Å²) in [5.41, 5.74) is 0.911. The number of hydrogen-bond acceptors (Lipinski definition) is 6. The highest BCUT2D eigenvalue weighted by Gasteiger charge is 2.30. The molecule has 1 N–H and O–H groups in total. The van der Waals surface area contributed by atoms with E-state index in [0.29, 0.717) is 11.0 Å². The molecule has 1 unspecified atom stereocenters. The molecule has 4 rings (SSSR count). The van der Waals surface area contributed by atoms with Gasteiger partial charge in [-0.15, -0.1) is 21.5 Å². The van der Waals surface area contributed by atoms with E-state index in [0.717, 1.165) is 42.8 Å². The van der Waals surface area contributed by atoms with Crippen molar-refractivity contribution < 1.29 is 14.7 Å². The van der Waals surface area contributed by atoms with E-state index in [-0.39, 0.29) is 18.9 Å². The quantitative estimate of drug-likeness (QED) is 0.508. The number of piperidine rings is 1. The Hall–Kier alpha value is -2.65. The SMILES string of the molecule is O=C(O)CCn1c(SC(C(=O)N2CCCCC2)c2ccccc2)nnc1-c1cccs1. The van der Waals surface area contributed by atoms with Crippen molar-refractivity contribution in [3.63, 3.8) is 0 Å². The predicted octanol–water partition coefficient (Wildman–Crippen LogP) is 4.33. The van der Waals surface area contributed by atoms with Crippen LogP contribution in [0, 0.1) is 0 Å². The normalized spacial score (nSPS) is 15.0. The summed E-state index contributed by atoms with van der Waals surface area (Å²) >= 11 is 2.88. The second kappa shape index (κ2) is 10.1. The van der Waals surface area contributed by atoms with Gasteiger partial charge < -0.3 is 14.6 Å². The first-order chi connectivity index (χ1) is 15.1. The number of rotatable bonds is 8. The van der Waals surface area contributed by atoms with E-state index in [4.69, 9.17) is 0 Å². The minimum atomic E-state index is -0.884. The Morgan fingerprint density at radius 3 is 2.52 bits per heavy atom. The Morgan fingerprint density at radius 2 is 1.84 bits per heavy atom. The topological polar surface area (TPSA) is 88.3 Å². The third-order valence-corrected chi connectivity index (χ3v) is 7.31. The first kappa shape index (κ1) is 21.6. The molecule has 1 atom stereocenters. The van der Waals surface area contributed by atoms with E-state index in [1.54, 1.807) is 0 Å². The highest BCUT2D eigenvalue weighted by molar-refractivity contribution is 8.00. The third kappa shape index (κ3) is 5.16. The van der Waals surface area contributed by atoms with Gasteiger partial charge in [0.15, 0.2) is 11.0 Å². The lowest BCUT2D eigenvalue weighted by atomic mass is 10.1. The highest BCUT2D eigenvalue weighted by atomic mass is 32.2. The molecular weight excluding hydrogens is 432 g/mol. The van der Waals surface area contributed by atoms with Gasteiger partial charge in [-0.1, -0.05) is 48.2 Å². The van der Waals surface area contributed by atoms with Gasteiger partial charge in [0.25, 0.3) is 0 Å². The molecule has 1 aromatic carbocycles. The van der Waals surface area contributed by atoms with E-state index in [1.165, 1.54) is 23.1 Å². The number of aromatic nitrogens is 3. The Balaban J connectivity index is 1.67. The molecule has 162 valence electrons. The van der Waals surface area contributed by atoms with Crippen LogP contribution in [-0.4, -0.2) is 49.7 Å². The monoisotopic (exact) mass is 456 g/mol. The average molecular weight is 457 g/mol. The number of aliphatic carboxylic acids is 1. The lowest BCUT2D eigenvalue weighted by Crippen LogP contribution is -2.38. The number of likely N-dealkylation sites (tertiary alicyclic amines) is 1. The second-order valence-corrected chi connectivity index (χ2v) is 9.39. The second-order valence-electron chi connectivity index (χ2n) is 7.37. The first-order valence-electron chi connectivity index (χ1n) is 10.3. The van der Waals surface area contributed by atoms with Crippen LogP contribution in [0.3, 0.4) is 0 Å². The van der Waals surface area contributed by atoms with Crippen LogP contribution in [0.4, 0.5) is 0 Å². The Labute approximate surface area is 189 Å². The van der Waals surface area contributed by atoms with Crippen LogP contribution in [-0.2, 0) is 16.1 Å². The molecule has 31 heavy (non-hydrogen) atoms. The molecule has 3 heterocycles. The van der Waals surface area contributed by atoms with Gasteiger partial charge in [0.1, 0.15) is 5.25 Å². The molecule has 0 aliphatic carbocycles. The fourth-order valence-corrected chi connectivity index (χ4v) is 5.51. The number of thioether (sulfide) groups is 1. The molecule has 2 aromatic heterocycles. The predicted molar refractivity (Wildman–Crippen MR) is 121 cm³/mol. The highest BCUT2D eigenvalue weighted by Crippen LogP contribution is 2.38. The number of thiophene rings is 1. The first-order valence-corrected chi connectivity index (χ1v) is 12.1. The van der Waals surface area contributed by atoms with Crippen molar-refractivity contribution in [1.29, 1.82) is 0 Å². The van der Waals surface area contributed by atoms with Crippen molar-refractivity contribution in [2.45, 2.75) is 42.6 Å². The summed E-state index contributed by atoms with van der Waals surface area (Å²) in [5, 5.41) is 20.0. The Morgan fingerprint density at radius 1 is 1.06 bits per heavy atom. The summed E-state index contributed by atoms with van der Waals surface area (Å²) in [5.74, 6) is -0.178. The van der Waals surface area contributed by atoms with E-state index in [1.807, 2.05) is 57.3 Å². The van der Waals surface area contributed by atoms with Gasteiger partial charge in [-0.2, -0.15) is 0 Å². The lowest BCUT2D eigenvalue weighted by molar-refractivity contribution is -0.137. The average Bonchev–Trinajstić information content (AvgIpc) is 3.46. The number of carboxylic acid groups (broad SMARTS) is 1. The van der Waals surface area contributed by atoms with E-state index < -0.39 is 11.2 Å². The van der Waals surface area contributed by atoms with Crippen LogP contribution in [0.15, 0.2) is 53.0 Å². The smallest absolute Gasteiger partial charge is 0.305 e. The molecule has 1 saturated heterocycles. The van der Waals surface area contributed by atoms with Gasteiger partial charge in [0, 0.05) is 19.6 Å². The van der Waals surface area contributed by atoms with Crippen LogP contribution in [0.1, 0.15) is 36.5 Å². The molecular formula is C22H24N4O3S2. The molecule has 0 bridgehead atoms. The minimum absolute atomic E-state index is 0.0416. The van der Waals surface area contributed by atoms with Gasteiger partial charge >= 0.3 is 5.97 Å². The number of nitrogens with zero attached hydrogens (tertiary/aromatic N) is 4. The van der Waals surface area contributed by atoms with Gasteiger partial charge in [-0.25, -0.2) is 0 Å². The lowest BCUT2D eigenvalue weighted by Gasteiger charge is -2.30. The largest absolute Gasteiger partial charge is 0.481 e. The van der Waals surface area contributed by atoms with Crippen LogP contribution < -0.4 is 0 Å². The molecule has 1 aliphatic heterocycles. The van der Waals surface area contributed by atoms with Gasteiger partial charge in [-0.3, -0.25) is 9.59 Å². The van der Waals surface area contributed by atoms with Crippen molar-refractivity contribution in [2.75, 3.05) is 13.1 Å². The molecule has 1 amide bonds. The molecule has 7 nitrogen and oxygen atoms in total. The molecule has 0 radical (unpaired) electrons. The molecule has 3 aromatic rings. The zero-order valence-corrected chi connectivity index (χ0v) is 18.6. The van der Waals surface area contributed by atoms with Gasteiger partial charge in [0.2, 0.25) is 5.91 Å². The van der Waals surface area contributed by atoms with Crippen molar-refractivity contribution >= 4 is 35.0 Å². The summed E-state index contributed by atoms with van der Waals surface area (Å²) in [6.45, 7) is 1.79. The van der Waals surface area contributed by atoms with Crippen molar-refractivity contribution in [3.05, 3.63) is 53.4 Å². The summed E-state index contributed by atoms with van der Waals surface area (Å²) in [4.78, 5) is 27.6. The van der Waals surface area contributed by atoms with Crippen molar-refractivity contribution in [2.24, 2.45) is 0 Å². The minimum Gasteiger partial charge on any atom is -0.481 e. The van der Waals surface area contributed by atoms with E-state index in [2.05, 4.69) is 10.2 Å². The molecule has 1 aliphatic rings. The summed E-state index contributed by atoms with van der Waals surface area (Å²) in [7, 11) is 0. The summed E-state index contributed by atoms with van der Waals surface area (Å²) in [6.07, 6.45) is 3.16. The van der Waals surface area contributed by atoms with Gasteiger partial charge in [-0.05, 0) is 36.3 Å². The zero-order chi connectivity index (χ0) is 21.6. The maximum Gasteiger partial charge on any atom is 0.305 e. The van der Waals surface area contributed by atoms with Crippen LogP contribution >= 0.6 is 23.1 Å². The van der Waals surface area contributed by atoms with Gasteiger partial charge in [0.05, 0.1) is 11.3 Å². The molecule has 0 spiro atoms. The van der Waals surface area contributed by atoms with E-state index in [9.17, 15) is 14.7 Å². The molecule has 0 saturated carbocycles. The zero-order valence-electron chi connectivity index (χ0n) is 17.0. The maximum atomic E-state index is 13.5. The van der Waals surface area contributed by atoms with Crippen LogP contribution in [0.5, 0.6) is 0 Å². The summed E-state index contributed by atoms with van der Waals surface area (Å²) < 4.78 is 1.82. The number of carboxylic acids is 1. The van der Waals surface area contributed by atoms with E-state index >= 15 is 0 Å². The number of hydrogen-bond donors (Lipinski definition) is 1. The van der Waals surface area contributed by atoms with Crippen LogP contribution in [0.25, 0.3) is 10.7 Å². The molecule has 1 fully saturated rings. The number of carbonyl (C=O) groups excluding carboxylic acids is 1. The third-order valence-electron chi connectivity index (χ3n) is 5.23. The maximum absolute atomic E-state index is 13.5. The fourth-order valence-electron chi connectivity index (χ4n) is 3.65. The van der Waals surface area contributed by atoms with Crippen molar-refractivity contribution in [1.82, 2.24) is 19.7 Å². The fraction of sp³-hybridized carbons (Fsp3) is 0.364. The summed E-state index contributed by atoms with van der Waals surface area (Å²) in [6, 6.07) is 13.6. The van der Waals surface area contributed by atoms with Crippen molar-refractivity contribution in [3.8, 4) is 10.7 Å². The number of carbonyl (C=O) groups is 2. The number of benzene rings is 1. The Bertz CT molecular complexity index is 1010. The standard InChI is InChI=1S/C22H24N4O3S2/c27-18(28)11-14-26-20(17-10-7-15-30-17)23-24-22(26)31-19(16-8-3-1-4-9-16)21(29)25-12-5-2-6-13-25/h1,3-4,7-10,15,19H,2,5-6,11-14H2,(H,27,28). The van der Waals surface area contributed by atoms with Crippen LogP contribution in [0.2, 0.25) is 0 Å². The number of amides is 1.